The predicted octanol–water partition coefficient (Wildman–Crippen LogP) is 0.961. The molecule has 0 atom stereocenters. The maximum atomic E-state index is 12.3. The number of fused-ring (bicyclic) bond motifs is 1. The molecule has 0 N–H and O–H groups in total. The minimum atomic E-state index is 0.0251. The van der Waals surface area contributed by atoms with Gasteiger partial charge in [0.1, 0.15) is 12.9 Å². The van der Waals surface area contributed by atoms with Crippen LogP contribution in [0.3, 0.4) is 0 Å². The number of aromatic nitrogens is 4. The molecule has 0 saturated heterocycles. The molecule has 0 spiro atoms. The summed E-state index contributed by atoms with van der Waals surface area (Å²) < 4.78 is 1.45. The van der Waals surface area contributed by atoms with Gasteiger partial charge in [-0.05, 0) is 41.8 Å². The van der Waals surface area contributed by atoms with Crippen molar-refractivity contribution in [3.8, 4) is 0 Å². The Labute approximate surface area is 111 Å². The van der Waals surface area contributed by atoms with Crippen molar-refractivity contribution < 1.29 is 4.79 Å². The Balaban J connectivity index is 1.85. The van der Waals surface area contributed by atoms with Gasteiger partial charge in [0.05, 0.1) is 0 Å². The maximum absolute atomic E-state index is 12.3. The molecule has 2 aromatic rings. The number of rotatable bonds is 2. The number of benzene rings is 1. The van der Waals surface area contributed by atoms with Crippen molar-refractivity contribution in [3.63, 3.8) is 0 Å². The Hall–Kier alpha value is -2.24. The fourth-order valence-electron chi connectivity index (χ4n) is 2.46. The van der Waals surface area contributed by atoms with E-state index in [0.717, 1.165) is 25.1 Å². The molecule has 1 aliphatic heterocycles. The van der Waals surface area contributed by atoms with Gasteiger partial charge >= 0.3 is 0 Å². The molecular formula is C13H15N5O. The van der Waals surface area contributed by atoms with Gasteiger partial charge in [-0.15, -0.1) is 5.10 Å². The second-order valence-electron chi connectivity index (χ2n) is 4.79. The van der Waals surface area contributed by atoms with E-state index in [1.54, 1.807) is 0 Å². The van der Waals surface area contributed by atoms with Gasteiger partial charge in [-0.2, -0.15) is 0 Å². The Morgan fingerprint density at radius 3 is 3.11 bits per heavy atom. The first-order valence-corrected chi connectivity index (χ1v) is 6.35. The van der Waals surface area contributed by atoms with Crippen LogP contribution in [0.5, 0.6) is 0 Å². The number of aryl methyl sites for hydroxylation is 2. The first-order valence-electron chi connectivity index (χ1n) is 6.35. The summed E-state index contributed by atoms with van der Waals surface area (Å²) in [4.78, 5) is 14.2. The molecular weight excluding hydrogens is 242 g/mol. The summed E-state index contributed by atoms with van der Waals surface area (Å²) in [6.45, 7) is 3.01. The minimum absolute atomic E-state index is 0.0251. The second kappa shape index (κ2) is 4.79. The molecule has 1 aromatic heterocycles. The zero-order valence-electron chi connectivity index (χ0n) is 10.8. The van der Waals surface area contributed by atoms with Gasteiger partial charge in [0, 0.05) is 12.2 Å². The first kappa shape index (κ1) is 11.8. The van der Waals surface area contributed by atoms with E-state index in [1.165, 1.54) is 22.1 Å². The monoisotopic (exact) mass is 257 g/mol. The number of hydrogen-bond donors (Lipinski definition) is 0. The highest BCUT2D eigenvalue weighted by Crippen LogP contribution is 2.28. The van der Waals surface area contributed by atoms with Crippen molar-refractivity contribution in [1.29, 1.82) is 0 Å². The van der Waals surface area contributed by atoms with Crippen LogP contribution in [-0.4, -0.2) is 32.7 Å². The zero-order chi connectivity index (χ0) is 13.2. The molecule has 0 unspecified atom stereocenters. The molecule has 19 heavy (non-hydrogen) atoms. The number of hydrogen-bond acceptors (Lipinski definition) is 4. The second-order valence-corrected chi connectivity index (χ2v) is 4.79. The Kier molecular flexibility index (Phi) is 2.98. The molecule has 1 aliphatic rings. The fraction of sp³-hybridized carbons (Fsp3) is 0.385. The van der Waals surface area contributed by atoms with Crippen LogP contribution in [0.2, 0.25) is 0 Å². The van der Waals surface area contributed by atoms with Gasteiger partial charge in [0.15, 0.2) is 0 Å². The van der Waals surface area contributed by atoms with Crippen molar-refractivity contribution in [2.45, 2.75) is 26.3 Å². The van der Waals surface area contributed by atoms with E-state index in [4.69, 9.17) is 0 Å². The van der Waals surface area contributed by atoms with Crippen LogP contribution in [0.1, 0.15) is 17.5 Å². The summed E-state index contributed by atoms with van der Waals surface area (Å²) in [5.41, 5.74) is 3.50. The first-order chi connectivity index (χ1) is 9.24. The van der Waals surface area contributed by atoms with E-state index < -0.39 is 0 Å². The predicted molar refractivity (Wildman–Crippen MR) is 69.7 cm³/mol. The topological polar surface area (TPSA) is 63.9 Å². The molecule has 2 heterocycles. The van der Waals surface area contributed by atoms with E-state index in [2.05, 4.69) is 28.5 Å². The summed E-state index contributed by atoms with van der Waals surface area (Å²) >= 11 is 0. The summed E-state index contributed by atoms with van der Waals surface area (Å²) in [5.74, 6) is 0.0251. The number of carbonyl (C=O) groups excluding carboxylic acids is 1. The third kappa shape index (κ3) is 2.33. The number of tetrazole rings is 1. The van der Waals surface area contributed by atoms with E-state index in [1.807, 2.05) is 17.0 Å². The molecule has 0 bridgehead atoms. The lowest BCUT2D eigenvalue weighted by Crippen LogP contribution is -2.37. The van der Waals surface area contributed by atoms with Gasteiger partial charge in [-0.1, -0.05) is 17.7 Å². The highest BCUT2D eigenvalue weighted by Gasteiger charge is 2.22. The number of amides is 1. The molecule has 1 amide bonds. The average molecular weight is 257 g/mol. The van der Waals surface area contributed by atoms with E-state index in [9.17, 15) is 4.79 Å². The van der Waals surface area contributed by atoms with Gasteiger partial charge in [-0.25, -0.2) is 4.68 Å². The standard InChI is InChI=1S/C13H15N5O/c1-10-4-5-12-11(7-10)3-2-6-18(12)13(19)8-17-9-14-15-16-17/h4-5,7,9H,2-3,6,8H2,1H3. The normalized spacial score (nSPS) is 14.3. The summed E-state index contributed by atoms with van der Waals surface area (Å²) in [6.07, 6.45) is 3.49. The molecule has 98 valence electrons. The third-order valence-corrected chi connectivity index (χ3v) is 3.34. The molecule has 0 fully saturated rings. The number of anilines is 1. The molecule has 6 nitrogen and oxygen atoms in total. The fourth-order valence-corrected chi connectivity index (χ4v) is 2.46. The van der Waals surface area contributed by atoms with Crippen LogP contribution < -0.4 is 4.90 Å². The van der Waals surface area contributed by atoms with Crippen LogP contribution in [0.4, 0.5) is 5.69 Å². The molecule has 1 aromatic carbocycles. The van der Waals surface area contributed by atoms with Gasteiger partial charge < -0.3 is 4.90 Å². The summed E-state index contributed by atoms with van der Waals surface area (Å²) in [5, 5.41) is 10.8. The summed E-state index contributed by atoms with van der Waals surface area (Å²) in [7, 11) is 0. The minimum Gasteiger partial charge on any atom is -0.311 e. The third-order valence-electron chi connectivity index (χ3n) is 3.34. The lowest BCUT2D eigenvalue weighted by molar-refractivity contribution is -0.119. The smallest absolute Gasteiger partial charge is 0.248 e. The van der Waals surface area contributed by atoms with E-state index in [0.29, 0.717) is 0 Å². The van der Waals surface area contributed by atoms with Crippen LogP contribution in [0, 0.1) is 6.92 Å². The maximum Gasteiger partial charge on any atom is 0.248 e. The van der Waals surface area contributed by atoms with Crippen LogP contribution in [-0.2, 0) is 17.8 Å². The zero-order valence-corrected chi connectivity index (χ0v) is 10.8. The molecule has 0 radical (unpaired) electrons. The average Bonchev–Trinajstić information content (AvgIpc) is 2.90. The Morgan fingerprint density at radius 1 is 1.42 bits per heavy atom. The van der Waals surface area contributed by atoms with Crippen molar-refractivity contribution in [3.05, 3.63) is 35.7 Å². The van der Waals surface area contributed by atoms with Crippen LogP contribution >= 0.6 is 0 Å². The summed E-state index contributed by atoms with van der Waals surface area (Å²) in [6, 6.07) is 6.23. The largest absolute Gasteiger partial charge is 0.311 e. The van der Waals surface area contributed by atoms with Crippen molar-refractivity contribution >= 4 is 11.6 Å². The lowest BCUT2D eigenvalue weighted by atomic mass is 9.99. The SMILES string of the molecule is Cc1ccc2c(c1)CCCN2C(=O)Cn1cnnn1. The van der Waals surface area contributed by atoms with Crippen LogP contribution in [0.15, 0.2) is 24.5 Å². The Bertz CT molecular complexity index is 593. The highest BCUT2D eigenvalue weighted by molar-refractivity contribution is 5.94. The van der Waals surface area contributed by atoms with Gasteiger partial charge in [0.2, 0.25) is 5.91 Å². The van der Waals surface area contributed by atoms with E-state index in [-0.39, 0.29) is 12.5 Å². The van der Waals surface area contributed by atoms with Crippen LogP contribution in [0.25, 0.3) is 0 Å². The van der Waals surface area contributed by atoms with Crippen molar-refractivity contribution in [1.82, 2.24) is 20.2 Å². The van der Waals surface area contributed by atoms with Gasteiger partial charge in [0.25, 0.3) is 0 Å². The number of carbonyl (C=O) groups is 1. The van der Waals surface area contributed by atoms with Crippen molar-refractivity contribution in [2.24, 2.45) is 0 Å². The van der Waals surface area contributed by atoms with Gasteiger partial charge in [-0.3, -0.25) is 4.79 Å². The molecule has 3 rings (SSSR count). The molecule has 6 heteroatoms. The van der Waals surface area contributed by atoms with E-state index >= 15 is 0 Å². The highest BCUT2D eigenvalue weighted by atomic mass is 16.2. The lowest BCUT2D eigenvalue weighted by Gasteiger charge is -2.29. The molecule has 0 aliphatic carbocycles. The van der Waals surface area contributed by atoms with Crippen molar-refractivity contribution in [2.75, 3.05) is 11.4 Å². The quantitative estimate of drug-likeness (QED) is 0.804. The molecule has 0 saturated carbocycles. The Morgan fingerprint density at radius 2 is 2.32 bits per heavy atom. The number of nitrogens with zero attached hydrogens (tertiary/aromatic N) is 5.